The first kappa shape index (κ1) is 14.3. The van der Waals surface area contributed by atoms with Crippen LogP contribution in [0.15, 0.2) is 0 Å². The fourth-order valence-electron chi connectivity index (χ4n) is 2.88. The minimum atomic E-state index is 0.553. The van der Waals surface area contributed by atoms with Gasteiger partial charge in [-0.1, -0.05) is 0 Å². The molecule has 1 aromatic heterocycles. The van der Waals surface area contributed by atoms with E-state index in [0.29, 0.717) is 6.04 Å². The van der Waals surface area contributed by atoms with Crippen LogP contribution in [-0.4, -0.2) is 48.6 Å². The number of aryl methyl sites for hydroxylation is 1. The Labute approximate surface area is 126 Å². The number of rotatable bonds is 4. The predicted octanol–water partition coefficient (Wildman–Crippen LogP) is 2.23. The Morgan fingerprint density at radius 3 is 2.90 bits per heavy atom. The van der Waals surface area contributed by atoms with Crippen molar-refractivity contribution in [2.24, 2.45) is 0 Å². The van der Waals surface area contributed by atoms with E-state index in [-0.39, 0.29) is 0 Å². The number of nitrogens with one attached hydrogen (secondary N) is 1. The standard InChI is InChI=1S/C15H26N4S/c1-11-10-18(3)7-4-8-19(11)15-17-12(2)14(20-15)9-16-13-5-6-13/h11,13,16H,4-10H2,1-3H3. The summed E-state index contributed by atoms with van der Waals surface area (Å²) in [6.07, 6.45) is 3.93. The molecule has 1 aromatic rings. The normalized spacial score (nSPS) is 24.9. The maximum atomic E-state index is 4.84. The van der Waals surface area contributed by atoms with Gasteiger partial charge in [0.15, 0.2) is 5.13 Å². The first-order valence-electron chi connectivity index (χ1n) is 7.78. The third kappa shape index (κ3) is 3.32. The van der Waals surface area contributed by atoms with Crippen molar-refractivity contribution in [3.8, 4) is 0 Å². The lowest BCUT2D eigenvalue weighted by molar-refractivity contribution is 0.337. The second-order valence-corrected chi connectivity index (χ2v) is 7.38. The van der Waals surface area contributed by atoms with Gasteiger partial charge in [-0.2, -0.15) is 0 Å². The molecule has 0 radical (unpaired) electrons. The van der Waals surface area contributed by atoms with Crippen LogP contribution in [0.4, 0.5) is 5.13 Å². The number of hydrogen-bond donors (Lipinski definition) is 1. The zero-order valence-electron chi connectivity index (χ0n) is 12.9. The molecule has 2 heterocycles. The summed E-state index contributed by atoms with van der Waals surface area (Å²) in [5, 5.41) is 4.82. The van der Waals surface area contributed by atoms with Gasteiger partial charge in [-0.05, 0) is 46.7 Å². The van der Waals surface area contributed by atoms with Gasteiger partial charge in [0.1, 0.15) is 0 Å². The Kier molecular flexibility index (Phi) is 4.29. The van der Waals surface area contributed by atoms with Crippen molar-refractivity contribution < 1.29 is 0 Å². The molecular formula is C15H26N4S. The van der Waals surface area contributed by atoms with E-state index in [4.69, 9.17) is 4.98 Å². The molecular weight excluding hydrogens is 268 g/mol. The predicted molar refractivity (Wildman–Crippen MR) is 85.6 cm³/mol. The lowest BCUT2D eigenvalue weighted by Gasteiger charge is -2.27. The van der Waals surface area contributed by atoms with Crippen molar-refractivity contribution in [2.45, 2.75) is 51.7 Å². The van der Waals surface area contributed by atoms with Crippen LogP contribution in [0.2, 0.25) is 0 Å². The van der Waals surface area contributed by atoms with E-state index in [1.54, 1.807) is 0 Å². The third-order valence-electron chi connectivity index (χ3n) is 4.30. The van der Waals surface area contributed by atoms with Crippen LogP contribution in [0.3, 0.4) is 0 Å². The number of aromatic nitrogens is 1. The zero-order valence-corrected chi connectivity index (χ0v) is 13.7. The van der Waals surface area contributed by atoms with Gasteiger partial charge in [-0.3, -0.25) is 0 Å². The van der Waals surface area contributed by atoms with Crippen LogP contribution in [0, 0.1) is 6.92 Å². The molecule has 0 aromatic carbocycles. The van der Waals surface area contributed by atoms with E-state index in [2.05, 4.69) is 36.0 Å². The molecule has 20 heavy (non-hydrogen) atoms. The van der Waals surface area contributed by atoms with Crippen molar-refractivity contribution >= 4 is 16.5 Å². The molecule has 4 nitrogen and oxygen atoms in total. The van der Waals surface area contributed by atoms with Gasteiger partial charge in [0.2, 0.25) is 0 Å². The maximum absolute atomic E-state index is 4.84. The molecule has 1 aliphatic carbocycles. The molecule has 0 amide bonds. The number of anilines is 1. The average Bonchev–Trinajstić information content (AvgIpc) is 3.17. The van der Waals surface area contributed by atoms with Gasteiger partial charge in [0.25, 0.3) is 0 Å². The summed E-state index contributed by atoms with van der Waals surface area (Å²) in [5.74, 6) is 0. The number of likely N-dealkylation sites (N-methyl/N-ethyl adjacent to an activating group) is 1. The Morgan fingerprint density at radius 2 is 2.15 bits per heavy atom. The first-order valence-corrected chi connectivity index (χ1v) is 8.60. The molecule has 2 fully saturated rings. The molecule has 0 spiro atoms. The second kappa shape index (κ2) is 6.00. The van der Waals surface area contributed by atoms with Gasteiger partial charge in [-0.25, -0.2) is 4.98 Å². The van der Waals surface area contributed by atoms with E-state index < -0.39 is 0 Å². The Balaban J connectivity index is 1.70. The molecule has 1 unspecified atom stereocenters. The van der Waals surface area contributed by atoms with Gasteiger partial charge >= 0.3 is 0 Å². The number of thiazole rings is 1. The Morgan fingerprint density at radius 1 is 1.35 bits per heavy atom. The molecule has 1 N–H and O–H groups in total. The van der Waals surface area contributed by atoms with Crippen LogP contribution in [0.5, 0.6) is 0 Å². The highest BCUT2D eigenvalue weighted by Crippen LogP contribution is 2.29. The lowest BCUT2D eigenvalue weighted by atomic mass is 10.3. The van der Waals surface area contributed by atoms with Gasteiger partial charge in [0.05, 0.1) is 5.69 Å². The monoisotopic (exact) mass is 294 g/mol. The first-order chi connectivity index (χ1) is 9.63. The van der Waals surface area contributed by atoms with Crippen molar-refractivity contribution in [1.29, 1.82) is 0 Å². The maximum Gasteiger partial charge on any atom is 0.186 e. The molecule has 1 atom stereocenters. The lowest BCUT2D eigenvalue weighted by Crippen LogP contribution is -2.37. The van der Waals surface area contributed by atoms with E-state index in [1.165, 1.54) is 41.5 Å². The van der Waals surface area contributed by atoms with E-state index in [0.717, 1.165) is 25.7 Å². The van der Waals surface area contributed by atoms with Crippen molar-refractivity contribution in [3.05, 3.63) is 10.6 Å². The third-order valence-corrected chi connectivity index (χ3v) is 5.50. The van der Waals surface area contributed by atoms with Crippen molar-refractivity contribution in [1.82, 2.24) is 15.2 Å². The number of hydrogen-bond acceptors (Lipinski definition) is 5. The van der Waals surface area contributed by atoms with Gasteiger partial charge in [-0.15, -0.1) is 11.3 Å². The van der Waals surface area contributed by atoms with E-state index >= 15 is 0 Å². The van der Waals surface area contributed by atoms with Crippen molar-refractivity contribution in [3.63, 3.8) is 0 Å². The smallest absolute Gasteiger partial charge is 0.186 e. The summed E-state index contributed by atoms with van der Waals surface area (Å²) in [6.45, 7) is 8.93. The summed E-state index contributed by atoms with van der Waals surface area (Å²) in [5.41, 5.74) is 1.21. The summed E-state index contributed by atoms with van der Waals surface area (Å²) >= 11 is 1.88. The van der Waals surface area contributed by atoms with Crippen LogP contribution >= 0.6 is 11.3 Å². The summed E-state index contributed by atoms with van der Waals surface area (Å²) < 4.78 is 0. The van der Waals surface area contributed by atoms with Crippen LogP contribution in [-0.2, 0) is 6.54 Å². The van der Waals surface area contributed by atoms with Gasteiger partial charge in [0, 0.05) is 36.6 Å². The van der Waals surface area contributed by atoms with E-state index in [9.17, 15) is 0 Å². The minimum Gasteiger partial charge on any atom is -0.344 e. The minimum absolute atomic E-state index is 0.553. The van der Waals surface area contributed by atoms with Gasteiger partial charge < -0.3 is 15.1 Å². The van der Waals surface area contributed by atoms with Crippen LogP contribution in [0.25, 0.3) is 0 Å². The molecule has 1 aliphatic heterocycles. The number of nitrogens with zero attached hydrogens (tertiary/aromatic N) is 3. The molecule has 112 valence electrons. The topological polar surface area (TPSA) is 31.4 Å². The van der Waals surface area contributed by atoms with Crippen LogP contribution in [0.1, 0.15) is 36.8 Å². The second-order valence-electron chi connectivity index (χ2n) is 6.32. The highest BCUT2D eigenvalue weighted by molar-refractivity contribution is 7.15. The Hall–Kier alpha value is -0.650. The quantitative estimate of drug-likeness (QED) is 0.923. The molecule has 3 rings (SSSR count). The van der Waals surface area contributed by atoms with Crippen LogP contribution < -0.4 is 10.2 Å². The highest BCUT2D eigenvalue weighted by atomic mass is 32.1. The molecule has 0 bridgehead atoms. The summed E-state index contributed by atoms with van der Waals surface area (Å²) in [4.78, 5) is 11.2. The Bertz CT molecular complexity index is 455. The fraction of sp³-hybridized carbons (Fsp3) is 0.800. The largest absolute Gasteiger partial charge is 0.344 e. The SMILES string of the molecule is Cc1nc(N2CCCN(C)CC2C)sc1CNC1CC1. The molecule has 1 saturated carbocycles. The zero-order chi connectivity index (χ0) is 14.1. The average molecular weight is 294 g/mol. The molecule has 1 saturated heterocycles. The summed E-state index contributed by atoms with van der Waals surface area (Å²) in [6, 6.07) is 1.32. The van der Waals surface area contributed by atoms with Crippen molar-refractivity contribution in [2.75, 3.05) is 31.6 Å². The van der Waals surface area contributed by atoms with E-state index in [1.807, 2.05) is 11.3 Å². The fourth-order valence-corrected chi connectivity index (χ4v) is 4.02. The molecule has 2 aliphatic rings. The highest BCUT2D eigenvalue weighted by Gasteiger charge is 2.24. The molecule has 5 heteroatoms. The summed E-state index contributed by atoms with van der Waals surface area (Å²) in [7, 11) is 2.22.